The lowest BCUT2D eigenvalue weighted by Crippen LogP contribution is -2.46. The average Bonchev–Trinajstić information content (AvgIpc) is 2.66. The number of aliphatic hydroxyl groups is 6. The second-order valence-electron chi connectivity index (χ2n) is 5.75. The molecule has 1 rings (SSSR count). The molecule has 0 aliphatic heterocycles. The second-order valence-corrected chi connectivity index (χ2v) is 5.75. The Morgan fingerprint density at radius 2 is 1.33 bits per heavy atom. The maximum Gasteiger partial charge on any atom is 0.488 e. The Bertz CT molecular complexity index is 530. The van der Waals surface area contributed by atoms with Gasteiger partial charge in [0.2, 0.25) is 0 Å². The Balaban J connectivity index is 0.000000516. The highest BCUT2D eigenvalue weighted by Gasteiger charge is 2.29. The van der Waals surface area contributed by atoms with Gasteiger partial charge in [-0.25, -0.2) is 0 Å². The number of hydrogen-bond donors (Lipinski definition) is 10. The summed E-state index contributed by atoms with van der Waals surface area (Å²) in [5, 5.41) is 78.4. The van der Waals surface area contributed by atoms with Gasteiger partial charge in [0.25, 0.3) is 0 Å². The van der Waals surface area contributed by atoms with Crippen LogP contribution in [0.2, 0.25) is 0 Å². The van der Waals surface area contributed by atoms with Crippen LogP contribution in [0.4, 0.5) is 0 Å². The first-order valence-corrected chi connectivity index (χ1v) is 7.92. The molecule has 12 heteroatoms. The zero-order chi connectivity index (χ0) is 21.1. The summed E-state index contributed by atoms with van der Waals surface area (Å²) < 4.78 is 0. The Morgan fingerprint density at radius 1 is 0.926 bits per heavy atom. The minimum Gasteiger partial charge on any atom is -0.480 e. The summed E-state index contributed by atoms with van der Waals surface area (Å²) in [6.07, 6.45) is -6.17. The molecule has 154 valence electrons. The number of hydrogen-bond acceptors (Lipinski definition) is 10. The van der Waals surface area contributed by atoms with Crippen LogP contribution in [0.1, 0.15) is 5.56 Å². The van der Waals surface area contributed by atoms with Crippen molar-refractivity contribution in [3.05, 3.63) is 29.8 Å². The molecule has 0 fully saturated rings. The van der Waals surface area contributed by atoms with Gasteiger partial charge in [0.15, 0.2) is 0 Å². The summed E-state index contributed by atoms with van der Waals surface area (Å²) in [6.45, 7) is -1.45. The van der Waals surface area contributed by atoms with E-state index >= 15 is 0 Å². The summed E-state index contributed by atoms with van der Waals surface area (Å²) in [7, 11) is -1.51. The molecule has 0 radical (unpaired) electrons. The largest absolute Gasteiger partial charge is 0.488 e. The molecule has 0 amide bonds. The first-order valence-electron chi connectivity index (χ1n) is 7.92. The lowest BCUT2D eigenvalue weighted by atomic mass is 9.80. The first-order chi connectivity index (χ1) is 12.5. The van der Waals surface area contributed by atoms with Crippen molar-refractivity contribution >= 4 is 18.6 Å². The number of aliphatic carboxylic acids is 1. The fourth-order valence-corrected chi connectivity index (χ4v) is 1.84. The third-order valence-electron chi connectivity index (χ3n) is 3.56. The van der Waals surface area contributed by atoms with E-state index in [1.54, 1.807) is 12.1 Å². The van der Waals surface area contributed by atoms with Crippen LogP contribution in [-0.4, -0.2) is 103 Å². The minimum absolute atomic E-state index is 0.219. The van der Waals surface area contributed by atoms with Gasteiger partial charge < -0.3 is 51.5 Å². The third kappa shape index (κ3) is 9.24. The minimum atomic E-state index is -1.67. The van der Waals surface area contributed by atoms with Crippen LogP contribution in [0.25, 0.3) is 0 Å². The van der Waals surface area contributed by atoms with E-state index in [9.17, 15) is 4.79 Å². The molecule has 0 saturated carbocycles. The standard InChI is InChI=1S/C9H12BNO4.C6H14O6/c11-8(9(12)13)5-6-1-3-7(4-2-6)10(14)15;7-1-3(9)5(11)6(12)4(10)2-8/h1-4,8,14-15H,5,11H2,(H,12,13);3-12H,1-2H2/t8-;3-,4+,5-,6-/m01/s1. The van der Waals surface area contributed by atoms with Gasteiger partial charge >= 0.3 is 13.1 Å². The summed E-state index contributed by atoms with van der Waals surface area (Å²) in [5.74, 6) is -1.05. The molecule has 0 unspecified atom stereocenters. The van der Waals surface area contributed by atoms with E-state index in [-0.39, 0.29) is 6.42 Å². The van der Waals surface area contributed by atoms with Crippen molar-refractivity contribution in [3.8, 4) is 0 Å². The average molecular weight is 391 g/mol. The number of carbonyl (C=O) groups is 1. The van der Waals surface area contributed by atoms with Gasteiger partial charge in [0.05, 0.1) is 13.2 Å². The van der Waals surface area contributed by atoms with Gasteiger partial charge in [0, 0.05) is 0 Å². The number of benzene rings is 1. The Hall–Kier alpha value is -1.61. The quantitative estimate of drug-likeness (QED) is 0.179. The van der Waals surface area contributed by atoms with Gasteiger partial charge in [-0.1, -0.05) is 24.3 Å². The van der Waals surface area contributed by atoms with Gasteiger partial charge in [-0.2, -0.15) is 0 Å². The van der Waals surface area contributed by atoms with Crippen LogP contribution < -0.4 is 11.2 Å². The van der Waals surface area contributed by atoms with Crippen molar-refractivity contribution in [2.45, 2.75) is 36.9 Å². The van der Waals surface area contributed by atoms with Crippen molar-refractivity contribution < 1.29 is 50.6 Å². The summed E-state index contributed by atoms with van der Waals surface area (Å²) in [5.41, 5.74) is 6.46. The van der Waals surface area contributed by atoms with E-state index in [2.05, 4.69) is 0 Å². The normalized spacial score (nSPS) is 16.3. The molecular weight excluding hydrogens is 365 g/mol. The lowest BCUT2D eigenvalue weighted by molar-refractivity contribution is -0.138. The Kier molecular flexibility index (Phi) is 12.0. The molecule has 0 heterocycles. The van der Waals surface area contributed by atoms with Gasteiger partial charge in [-0.15, -0.1) is 0 Å². The first kappa shape index (κ1) is 25.4. The molecule has 0 saturated heterocycles. The van der Waals surface area contributed by atoms with Crippen LogP contribution in [0.3, 0.4) is 0 Å². The van der Waals surface area contributed by atoms with Crippen molar-refractivity contribution in [1.82, 2.24) is 0 Å². The van der Waals surface area contributed by atoms with Crippen LogP contribution in [0.5, 0.6) is 0 Å². The summed E-state index contributed by atoms with van der Waals surface area (Å²) in [6, 6.07) is 5.35. The van der Waals surface area contributed by atoms with Gasteiger partial charge in [-0.3, -0.25) is 4.79 Å². The molecule has 27 heavy (non-hydrogen) atoms. The van der Waals surface area contributed by atoms with Crippen molar-refractivity contribution in [3.63, 3.8) is 0 Å². The molecule has 0 spiro atoms. The molecule has 0 aliphatic rings. The van der Waals surface area contributed by atoms with E-state index in [1.165, 1.54) is 12.1 Å². The number of carboxylic acid groups (broad SMARTS) is 1. The van der Waals surface area contributed by atoms with E-state index in [1.807, 2.05) is 0 Å². The monoisotopic (exact) mass is 391 g/mol. The maximum atomic E-state index is 10.5. The molecule has 1 aromatic carbocycles. The van der Waals surface area contributed by atoms with Crippen molar-refractivity contribution in [2.24, 2.45) is 5.73 Å². The predicted octanol–water partition coefficient (Wildman–Crippen LogP) is -5.26. The fraction of sp³-hybridized carbons (Fsp3) is 0.533. The molecule has 11 nitrogen and oxygen atoms in total. The second kappa shape index (κ2) is 12.7. The third-order valence-corrected chi connectivity index (χ3v) is 3.56. The molecule has 1 aromatic rings. The zero-order valence-electron chi connectivity index (χ0n) is 14.4. The smallest absolute Gasteiger partial charge is 0.480 e. The van der Waals surface area contributed by atoms with Crippen LogP contribution >= 0.6 is 0 Å². The number of rotatable bonds is 9. The van der Waals surface area contributed by atoms with Crippen molar-refractivity contribution in [2.75, 3.05) is 13.2 Å². The van der Waals surface area contributed by atoms with Crippen LogP contribution in [0, 0.1) is 0 Å². The molecular formula is C15H26BNO10. The molecule has 11 N–H and O–H groups in total. The molecule has 0 bridgehead atoms. The molecule has 5 atom stereocenters. The number of aliphatic hydroxyl groups excluding tert-OH is 6. The molecule has 0 aromatic heterocycles. The fourth-order valence-electron chi connectivity index (χ4n) is 1.84. The van der Waals surface area contributed by atoms with E-state index in [0.29, 0.717) is 5.46 Å². The van der Waals surface area contributed by atoms with Crippen LogP contribution in [0.15, 0.2) is 24.3 Å². The molecule has 0 aliphatic carbocycles. The topological polar surface area (TPSA) is 225 Å². The number of nitrogens with two attached hydrogens (primary N) is 1. The zero-order valence-corrected chi connectivity index (χ0v) is 14.4. The summed E-state index contributed by atoms with van der Waals surface area (Å²) in [4.78, 5) is 10.5. The van der Waals surface area contributed by atoms with Crippen LogP contribution in [-0.2, 0) is 11.2 Å². The predicted molar refractivity (Wildman–Crippen MR) is 93.8 cm³/mol. The maximum absolute atomic E-state index is 10.5. The number of carboxylic acids is 1. The Labute approximate surface area is 155 Å². The van der Waals surface area contributed by atoms with E-state index < -0.39 is 56.8 Å². The summed E-state index contributed by atoms with van der Waals surface area (Å²) >= 11 is 0. The highest BCUT2D eigenvalue weighted by molar-refractivity contribution is 6.58. The van der Waals surface area contributed by atoms with Gasteiger partial charge in [0.1, 0.15) is 30.5 Å². The van der Waals surface area contributed by atoms with E-state index in [0.717, 1.165) is 5.56 Å². The lowest BCUT2D eigenvalue weighted by Gasteiger charge is -2.24. The Morgan fingerprint density at radius 3 is 1.63 bits per heavy atom. The highest BCUT2D eigenvalue weighted by Crippen LogP contribution is 2.04. The van der Waals surface area contributed by atoms with Gasteiger partial charge in [-0.05, 0) is 17.4 Å². The highest BCUT2D eigenvalue weighted by atomic mass is 16.4. The van der Waals surface area contributed by atoms with Crippen molar-refractivity contribution in [1.29, 1.82) is 0 Å². The SMILES string of the molecule is N[C@@H](Cc1ccc(B(O)O)cc1)C(=O)O.OC[C@@H](O)[C@@H](O)[C@H](O)[C@@H](O)CO. The van der Waals surface area contributed by atoms with E-state index in [4.69, 9.17) is 51.5 Å².